The number of amides is 1. The van der Waals surface area contributed by atoms with Gasteiger partial charge in [-0.1, -0.05) is 26.8 Å². The van der Waals surface area contributed by atoms with Gasteiger partial charge in [0, 0.05) is 17.5 Å². The standard InChI is InChI=1S/C19H23F3N2O2S/c1-13-23-15(10-27-13)9-26-16-7-5-6-14(8-16)17(25)24(11-18(2,3)4)12-19(20,21)22/h5-8,10H,9,11-12H2,1-4H3. The molecule has 148 valence electrons. The fraction of sp³-hybridized carbons (Fsp3) is 0.474. The number of rotatable bonds is 6. The smallest absolute Gasteiger partial charge is 0.406 e. The third kappa shape index (κ3) is 7.21. The molecule has 0 N–H and O–H groups in total. The summed E-state index contributed by atoms with van der Waals surface area (Å²) in [6.07, 6.45) is -4.46. The van der Waals surface area contributed by atoms with Crippen molar-refractivity contribution in [2.75, 3.05) is 13.1 Å². The highest BCUT2D eigenvalue weighted by molar-refractivity contribution is 7.09. The molecule has 1 aromatic heterocycles. The second kappa shape index (κ2) is 8.29. The third-order valence-corrected chi connectivity index (χ3v) is 4.28. The van der Waals surface area contributed by atoms with Crippen LogP contribution in [0.15, 0.2) is 29.6 Å². The molecule has 0 atom stereocenters. The first kappa shape index (κ1) is 21.2. The quantitative estimate of drug-likeness (QED) is 0.679. The number of thiazole rings is 1. The highest BCUT2D eigenvalue weighted by atomic mass is 32.1. The van der Waals surface area contributed by atoms with Crippen LogP contribution in [-0.2, 0) is 6.61 Å². The van der Waals surface area contributed by atoms with Gasteiger partial charge >= 0.3 is 6.18 Å². The van der Waals surface area contributed by atoms with Gasteiger partial charge in [0.2, 0.25) is 0 Å². The van der Waals surface area contributed by atoms with Crippen LogP contribution >= 0.6 is 11.3 Å². The van der Waals surface area contributed by atoms with E-state index >= 15 is 0 Å². The van der Waals surface area contributed by atoms with E-state index in [4.69, 9.17) is 4.74 Å². The van der Waals surface area contributed by atoms with Crippen LogP contribution in [0.3, 0.4) is 0 Å². The molecule has 0 aliphatic carbocycles. The lowest BCUT2D eigenvalue weighted by Crippen LogP contribution is -2.43. The normalized spacial score (nSPS) is 12.1. The van der Waals surface area contributed by atoms with Crippen molar-refractivity contribution in [2.24, 2.45) is 5.41 Å². The summed E-state index contributed by atoms with van der Waals surface area (Å²) in [5.41, 5.74) is 0.466. The minimum atomic E-state index is -4.46. The third-order valence-electron chi connectivity index (χ3n) is 3.46. The maximum atomic E-state index is 12.9. The number of benzene rings is 1. The Kier molecular flexibility index (Phi) is 6.51. The summed E-state index contributed by atoms with van der Waals surface area (Å²) < 4.78 is 44.4. The molecule has 0 aliphatic rings. The Morgan fingerprint density at radius 2 is 1.93 bits per heavy atom. The average Bonchev–Trinajstić information content (AvgIpc) is 2.95. The molecule has 0 radical (unpaired) electrons. The molecule has 0 bridgehead atoms. The fourth-order valence-corrected chi connectivity index (χ4v) is 3.12. The van der Waals surface area contributed by atoms with Crippen LogP contribution in [0.1, 0.15) is 41.8 Å². The summed E-state index contributed by atoms with van der Waals surface area (Å²) in [7, 11) is 0. The Bertz CT molecular complexity index is 766. The van der Waals surface area contributed by atoms with Crippen LogP contribution in [0.4, 0.5) is 13.2 Å². The Labute approximate surface area is 161 Å². The van der Waals surface area contributed by atoms with Crippen LogP contribution in [-0.4, -0.2) is 35.1 Å². The number of alkyl halides is 3. The second-order valence-corrected chi connectivity index (χ2v) is 8.57. The van der Waals surface area contributed by atoms with Crippen molar-refractivity contribution < 1.29 is 22.7 Å². The van der Waals surface area contributed by atoms with E-state index in [2.05, 4.69) is 4.98 Å². The highest BCUT2D eigenvalue weighted by Crippen LogP contribution is 2.24. The lowest BCUT2D eigenvalue weighted by molar-refractivity contribution is -0.142. The van der Waals surface area contributed by atoms with Crippen molar-refractivity contribution in [2.45, 2.75) is 40.5 Å². The SMILES string of the molecule is Cc1nc(COc2cccc(C(=O)N(CC(C)(C)C)CC(F)(F)F)c2)cs1. The number of carbonyl (C=O) groups is 1. The zero-order chi connectivity index (χ0) is 20.2. The number of ether oxygens (including phenoxy) is 1. The lowest BCUT2D eigenvalue weighted by atomic mass is 9.95. The van der Waals surface area contributed by atoms with E-state index in [9.17, 15) is 18.0 Å². The Balaban J connectivity index is 2.14. The Morgan fingerprint density at radius 3 is 2.48 bits per heavy atom. The number of nitrogens with zero attached hydrogens (tertiary/aromatic N) is 2. The number of aryl methyl sites for hydroxylation is 1. The molecule has 1 heterocycles. The maximum absolute atomic E-state index is 12.9. The van der Waals surface area contributed by atoms with Crippen LogP contribution in [0.25, 0.3) is 0 Å². The summed E-state index contributed by atoms with van der Waals surface area (Å²) >= 11 is 1.50. The first-order valence-corrected chi connectivity index (χ1v) is 9.31. The van der Waals surface area contributed by atoms with E-state index < -0.39 is 24.0 Å². The van der Waals surface area contributed by atoms with Gasteiger partial charge in [-0.2, -0.15) is 13.2 Å². The van der Waals surface area contributed by atoms with Gasteiger partial charge in [0.05, 0.1) is 10.7 Å². The van der Waals surface area contributed by atoms with Gasteiger partial charge < -0.3 is 9.64 Å². The number of hydrogen-bond acceptors (Lipinski definition) is 4. The van der Waals surface area contributed by atoms with Gasteiger partial charge in [-0.25, -0.2) is 4.98 Å². The lowest BCUT2D eigenvalue weighted by Gasteiger charge is -2.30. The topological polar surface area (TPSA) is 42.4 Å². The molecule has 0 unspecified atom stereocenters. The van der Waals surface area contributed by atoms with E-state index in [1.807, 2.05) is 12.3 Å². The molecule has 0 spiro atoms. The molecule has 0 aliphatic heterocycles. The van der Waals surface area contributed by atoms with Crippen molar-refractivity contribution in [3.8, 4) is 5.75 Å². The summed E-state index contributed by atoms with van der Waals surface area (Å²) in [5.74, 6) is -0.258. The van der Waals surface area contributed by atoms with E-state index in [1.165, 1.54) is 23.5 Å². The number of halogens is 3. The van der Waals surface area contributed by atoms with Gasteiger partial charge in [-0.15, -0.1) is 11.3 Å². The zero-order valence-corrected chi connectivity index (χ0v) is 16.6. The van der Waals surface area contributed by atoms with E-state index in [0.717, 1.165) is 15.6 Å². The van der Waals surface area contributed by atoms with Gasteiger partial charge in [-0.3, -0.25) is 4.79 Å². The predicted molar refractivity (Wildman–Crippen MR) is 99.0 cm³/mol. The second-order valence-electron chi connectivity index (χ2n) is 7.51. The van der Waals surface area contributed by atoms with Crippen LogP contribution < -0.4 is 4.74 Å². The monoisotopic (exact) mass is 400 g/mol. The van der Waals surface area contributed by atoms with Gasteiger partial charge in [0.15, 0.2) is 0 Å². The fourth-order valence-electron chi connectivity index (χ4n) is 2.52. The molecular formula is C19H23F3N2O2S. The summed E-state index contributed by atoms with van der Waals surface area (Å²) in [4.78, 5) is 17.8. The molecule has 8 heteroatoms. The van der Waals surface area contributed by atoms with Crippen LogP contribution in [0, 0.1) is 12.3 Å². The van der Waals surface area contributed by atoms with Gasteiger partial charge in [0.1, 0.15) is 18.9 Å². The summed E-state index contributed by atoms with van der Waals surface area (Å²) in [5, 5.41) is 2.79. The molecule has 2 rings (SSSR count). The first-order valence-electron chi connectivity index (χ1n) is 8.43. The van der Waals surface area contributed by atoms with Crippen molar-refractivity contribution in [1.82, 2.24) is 9.88 Å². The Morgan fingerprint density at radius 1 is 1.22 bits per heavy atom. The molecule has 1 aromatic carbocycles. The van der Waals surface area contributed by atoms with Crippen molar-refractivity contribution >= 4 is 17.2 Å². The summed E-state index contributed by atoms with van der Waals surface area (Å²) in [6.45, 7) is 6.20. The number of hydrogen-bond donors (Lipinski definition) is 0. The van der Waals surface area contributed by atoms with E-state index in [1.54, 1.807) is 32.9 Å². The Hall–Kier alpha value is -2.09. The van der Waals surface area contributed by atoms with Gasteiger partial charge in [0.25, 0.3) is 5.91 Å². The maximum Gasteiger partial charge on any atom is 0.406 e. The molecular weight excluding hydrogens is 377 g/mol. The van der Waals surface area contributed by atoms with Crippen LogP contribution in [0.2, 0.25) is 0 Å². The number of carbonyl (C=O) groups excluding carboxylic acids is 1. The van der Waals surface area contributed by atoms with Crippen molar-refractivity contribution in [1.29, 1.82) is 0 Å². The largest absolute Gasteiger partial charge is 0.487 e. The number of aromatic nitrogens is 1. The van der Waals surface area contributed by atoms with E-state index in [0.29, 0.717) is 5.75 Å². The van der Waals surface area contributed by atoms with Crippen molar-refractivity contribution in [3.63, 3.8) is 0 Å². The van der Waals surface area contributed by atoms with E-state index in [-0.39, 0.29) is 18.7 Å². The minimum Gasteiger partial charge on any atom is -0.487 e. The van der Waals surface area contributed by atoms with Crippen molar-refractivity contribution in [3.05, 3.63) is 45.9 Å². The minimum absolute atomic E-state index is 0.00543. The highest BCUT2D eigenvalue weighted by Gasteiger charge is 2.35. The van der Waals surface area contributed by atoms with Gasteiger partial charge in [-0.05, 0) is 30.5 Å². The molecule has 4 nitrogen and oxygen atoms in total. The summed E-state index contributed by atoms with van der Waals surface area (Å²) in [6, 6.07) is 6.22. The average molecular weight is 400 g/mol. The molecule has 2 aromatic rings. The van der Waals surface area contributed by atoms with Crippen LogP contribution in [0.5, 0.6) is 5.75 Å². The predicted octanol–water partition coefficient (Wildman–Crippen LogP) is 5.08. The molecule has 0 saturated carbocycles. The molecule has 0 fully saturated rings. The molecule has 1 amide bonds. The zero-order valence-electron chi connectivity index (χ0n) is 15.8. The molecule has 0 saturated heterocycles. The molecule has 27 heavy (non-hydrogen) atoms. The first-order chi connectivity index (χ1) is 12.4.